The Kier molecular flexibility index (Phi) is 9.08. The number of aryl methyl sites for hydroxylation is 2. The zero-order chi connectivity index (χ0) is 23.6. The first kappa shape index (κ1) is 24.5. The minimum Gasteiger partial charge on any atom is -0.357 e. The second-order valence-corrected chi connectivity index (χ2v) is 8.51. The van der Waals surface area contributed by atoms with Crippen molar-refractivity contribution in [1.82, 2.24) is 10.2 Å². The molecule has 2 amide bonds. The van der Waals surface area contributed by atoms with E-state index in [9.17, 15) is 9.59 Å². The van der Waals surface area contributed by atoms with Gasteiger partial charge in [0.25, 0.3) is 0 Å². The minimum atomic E-state index is -0.636. The lowest BCUT2D eigenvalue weighted by Gasteiger charge is -2.31. The summed E-state index contributed by atoms with van der Waals surface area (Å²) in [5, 5.41) is 3.33. The molecule has 0 fully saturated rings. The lowest BCUT2D eigenvalue weighted by atomic mass is 10.0. The van der Waals surface area contributed by atoms with Crippen molar-refractivity contribution in [2.45, 2.75) is 45.2 Å². The van der Waals surface area contributed by atoms with E-state index < -0.39 is 6.04 Å². The fourth-order valence-corrected chi connectivity index (χ4v) is 4.06. The average molecular weight is 463 g/mol. The molecule has 33 heavy (non-hydrogen) atoms. The van der Waals surface area contributed by atoms with Crippen LogP contribution in [0.1, 0.15) is 35.6 Å². The van der Waals surface area contributed by atoms with Crippen LogP contribution in [-0.2, 0) is 35.4 Å². The molecule has 0 bridgehead atoms. The topological polar surface area (TPSA) is 49.4 Å². The van der Waals surface area contributed by atoms with E-state index in [0.717, 1.165) is 23.1 Å². The molecule has 1 unspecified atom stereocenters. The Morgan fingerprint density at radius 1 is 0.879 bits per heavy atom. The van der Waals surface area contributed by atoms with E-state index in [-0.39, 0.29) is 18.4 Å². The second-order valence-electron chi connectivity index (χ2n) is 8.10. The van der Waals surface area contributed by atoms with Crippen molar-refractivity contribution in [2.75, 3.05) is 7.05 Å². The Morgan fingerprint density at radius 2 is 1.52 bits per heavy atom. The summed E-state index contributed by atoms with van der Waals surface area (Å²) in [6.45, 7) is 2.40. The van der Waals surface area contributed by atoms with Gasteiger partial charge in [-0.25, -0.2) is 0 Å². The SMILES string of the molecule is CCc1ccc(CCC(=O)N(Cc2ccccc2Cl)C(Cc2ccccc2)C(=O)NC)cc1. The van der Waals surface area contributed by atoms with Crippen LogP contribution < -0.4 is 5.32 Å². The number of hydrogen-bond acceptors (Lipinski definition) is 2. The number of benzene rings is 3. The third kappa shape index (κ3) is 6.93. The largest absolute Gasteiger partial charge is 0.357 e. The number of likely N-dealkylation sites (N-methyl/N-ethyl adjacent to an activating group) is 1. The highest BCUT2D eigenvalue weighted by atomic mass is 35.5. The number of halogens is 1. The van der Waals surface area contributed by atoms with E-state index in [1.165, 1.54) is 5.56 Å². The lowest BCUT2D eigenvalue weighted by molar-refractivity contribution is -0.141. The molecule has 0 saturated heterocycles. The third-order valence-corrected chi connectivity index (χ3v) is 6.24. The van der Waals surface area contributed by atoms with Gasteiger partial charge in [-0.15, -0.1) is 0 Å². The van der Waals surface area contributed by atoms with E-state index in [1.807, 2.05) is 48.5 Å². The summed E-state index contributed by atoms with van der Waals surface area (Å²) in [6.07, 6.45) is 2.35. The van der Waals surface area contributed by atoms with Gasteiger partial charge in [0, 0.05) is 31.5 Å². The van der Waals surface area contributed by atoms with Crippen LogP contribution in [0.3, 0.4) is 0 Å². The van der Waals surface area contributed by atoms with E-state index in [1.54, 1.807) is 18.0 Å². The van der Waals surface area contributed by atoms with Crippen LogP contribution in [0, 0.1) is 0 Å². The molecular weight excluding hydrogens is 432 g/mol. The molecule has 0 aliphatic rings. The Hall–Kier alpha value is -3.11. The molecule has 3 aromatic carbocycles. The summed E-state index contributed by atoms with van der Waals surface area (Å²) < 4.78 is 0. The van der Waals surface area contributed by atoms with Crippen LogP contribution in [0.5, 0.6) is 0 Å². The molecule has 0 radical (unpaired) electrons. The number of carbonyl (C=O) groups is 2. The molecule has 3 aromatic rings. The molecule has 172 valence electrons. The first-order valence-electron chi connectivity index (χ1n) is 11.4. The Morgan fingerprint density at radius 3 is 2.15 bits per heavy atom. The first-order valence-corrected chi connectivity index (χ1v) is 11.8. The number of nitrogens with zero attached hydrogens (tertiary/aromatic N) is 1. The molecule has 4 nitrogen and oxygen atoms in total. The summed E-state index contributed by atoms with van der Waals surface area (Å²) in [5.74, 6) is -0.259. The minimum absolute atomic E-state index is 0.0704. The maximum Gasteiger partial charge on any atom is 0.242 e. The van der Waals surface area contributed by atoms with Crippen LogP contribution in [0.15, 0.2) is 78.9 Å². The number of rotatable bonds is 10. The fraction of sp³-hybridized carbons (Fsp3) is 0.286. The highest BCUT2D eigenvalue weighted by Gasteiger charge is 2.30. The first-order chi connectivity index (χ1) is 16.0. The molecule has 1 atom stereocenters. The van der Waals surface area contributed by atoms with Crippen LogP contribution in [0.25, 0.3) is 0 Å². The molecular formula is C28H31ClN2O2. The van der Waals surface area contributed by atoms with Crippen molar-refractivity contribution < 1.29 is 9.59 Å². The van der Waals surface area contributed by atoms with Crippen molar-refractivity contribution >= 4 is 23.4 Å². The molecule has 0 saturated carbocycles. The summed E-state index contributed by atoms with van der Waals surface area (Å²) >= 11 is 6.41. The van der Waals surface area contributed by atoms with Gasteiger partial charge < -0.3 is 10.2 Å². The third-order valence-electron chi connectivity index (χ3n) is 5.87. The van der Waals surface area contributed by atoms with Crippen LogP contribution in [-0.4, -0.2) is 29.8 Å². The zero-order valence-corrected chi connectivity index (χ0v) is 20.0. The van der Waals surface area contributed by atoms with Gasteiger partial charge in [-0.05, 0) is 41.2 Å². The number of amides is 2. The van der Waals surface area contributed by atoms with Crippen molar-refractivity contribution in [2.24, 2.45) is 0 Å². The monoisotopic (exact) mass is 462 g/mol. The van der Waals surface area contributed by atoms with Gasteiger partial charge in [0.1, 0.15) is 6.04 Å². The molecule has 0 aliphatic carbocycles. The average Bonchev–Trinajstić information content (AvgIpc) is 2.86. The zero-order valence-electron chi connectivity index (χ0n) is 19.3. The Labute approximate surface area is 201 Å². The molecule has 3 rings (SSSR count). The van der Waals surface area contributed by atoms with Crippen LogP contribution >= 0.6 is 11.6 Å². The van der Waals surface area contributed by atoms with Gasteiger partial charge in [0.2, 0.25) is 11.8 Å². The van der Waals surface area contributed by atoms with E-state index >= 15 is 0 Å². The standard InChI is InChI=1S/C28H31ClN2O2/c1-3-21-13-15-22(16-14-21)17-18-27(32)31(20-24-11-7-8-12-25(24)29)26(28(33)30-2)19-23-9-5-4-6-10-23/h4-16,26H,3,17-20H2,1-2H3,(H,30,33). The van der Waals surface area contributed by atoms with Crippen LogP contribution in [0.4, 0.5) is 0 Å². The summed E-state index contributed by atoms with van der Waals surface area (Å²) in [7, 11) is 1.60. The van der Waals surface area contributed by atoms with Gasteiger partial charge in [-0.2, -0.15) is 0 Å². The van der Waals surface area contributed by atoms with Crippen molar-refractivity contribution in [3.63, 3.8) is 0 Å². The van der Waals surface area contributed by atoms with Gasteiger partial charge >= 0.3 is 0 Å². The normalized spacial score (nSPS) is 11.6. The van der Waals surface area contributed by atoms with Gasteiger partial charge in [-0.3, -0.25) is 9.59 Å². The molecule has 0 heterocycles. The summed E-state index contributed by atoms with van der Waals surface area (Å²) in [4.78, 5) is 28.1. The van der Waals surface area contributed by atoms with Gasteiger partial charge in [0.15, 0.2) is 0 Å². The van der Waals surface area contributed by atoms with Crippen molar-refractivity contribution in [3.8, 4) is 0 Å². The van der Waals surface area contributed by atoms with Crippen molar-refractivity contribution in [1.29, 1.82) is 0 Å². The van der Waals surface area contributed by atoms with Gasteiger partial charge in [0.05, 0.1) is 0 Å². The molecule has 0 aliphatic heterocycles. The predicted octanol–water partition coefficient (Wildman–Crippen LogP) is 5.22. The summed E-state index contributed by atoms with van der Waals surface area (Å²) in [6, 6.07) is 24.9. The summed E-state index contributed by atoms with van der Waals surface area (Å²) in [5.41, 5.74) is 4.20. The van der Waals surface area contributed by atoms with E-state index in [4.69, 9.17) is 11.6 Å². The number of carbonyl (C=O) groups excluding carboxylic acids is 2. The quantitative estimate of drug-likeness (QED) is 0.449. The number of hydrogen-bond donors (Lipinski definition) is 1. The van der Waals surface area contributed by atoms with E-state index in [2.05, 4.69) is 36.5 Å². The predicted molar refractivity (Wildman–Crippen MR) is 134 cm³/mol. The smallest absolute Gasteiger partial charge is 0.242 e. The highest BCUT2D eigenvalue weighted by molar-refractivity contribution is 6.31. The van der Waals surface area contributed by atoms with Gasteiger partial charge in [-0.1, -0.05) is 91.3 Å². The molecule has 5 heteroatoms. The Bertz CT molecular complexity index is 1050. The highest BCUT2D eigenvalue weighted by Crippen LogP contribution is 2.21. The maximum atomic E-state index is 13.5. The Balaban J connectivity index is 1.86. The molecule has 0 spiro atoms. The van der Waals surface area contributed by atoms with Crippen LogP contribution in [0.2, 0.25) is 5.02 Å². The number of nitrogens with one attached hydrogen (secondary N) is 1. The van der Waals surface area contributed by atoms with E-state index in [0.29, 0.717) is 24.3 Å². The molecule has 1 N–H and O–H groups in total. The maximum absolute atomic E-state index is 13.5. The second kappa shape index (κ2) is 12.2. The molecule has 0 aromatic heterocycles. The van der Waals surface area contributed by atoms with Crippen molar-refractivity contribution in [3.05, 3.63) is 106 Å². The fourth-order valence-electron chi connectivity index (χ4n) is 3.87. The lowest BCUT2D eigenvalue weighted by Crippen LogP contribution is -2.49.